The first-order valence-electron chi connectivity index (χ1n) is 6.04. The normalized spacial score (nSPS) is 10.5. The number of hydrogen-bond acceptors (Lipinski definition) is 5. The Balaban J connectivity index is 2.13. The molecular weight excluding hydrogens is 355 g/mol. The summed E-state index contributed by atoms with van der Waals surface area (Å²) in [5, 5.41) is 15.1. The Morgan fingerprint density at radius 1 is 1.24 bits per heavy atom. The van der Waals surface area contributed by atoms with Crippen LogP contribution in [0.5, 0.6) is 0 Å². The van der Waals surface area contributed by atoms with E-state index in [4.69, 9.17) is 34.8 Å². The molecule has 21 heavy (non-hydrogen) atoms. The van der Waals surface area contributed by atoms with Crippen LogP contribution in [0.15, 0.2) is 12.1 Å². The lowest BCUT2D eigenvalue weighted by Crippen LogP contribution is -2.12. The predicted molar refractivity (Wildman–Crippen MR) is 88.1 cm³/mol. The third kappa shape index (κ3) is 4.20. The number of nitrogens with zero attached hydrogens (tertiary/aromatic N) is 2. The lowest BCUT2D eigenvalue weighted by Gasteiger charge is -2.08. The number of benzene rings is 1. The van der Waals surface area contributed by atoms with Gasteiger partial charge in [-0.15, -0.1) is 10.2 Å². The third-order valence-electron chi connectivity index (χ3n) is 2.39. The maximum atomic E-state index is 12.1. The first kappa shape index (κ1) is 16.3. The quantitative estimate of drug-likeness (QED) is 0.814. The van der Waals surface area contributed by atoms with Crippen molar-refractivity contribution < 1.29 is 4.79 Å². The molecule has 0 saturated carbocycles. The molecule has 0 fully saturated rings. The molecule has 0 aliphatic heterocycles. The van der Waals surface area contributed by atoms with E-state index in [1.165, 1.54) is 12.1 Å². The smallest absolute Gasteiger partial charge is 0.286 e. The molecule has 9 heteroatoms. The monoisotopic (exact) mass is 364 g/mol. The fourth-order valence-electron chi connectivity index (χ4n) is 1.45. The van der Waals surface area contributed by atoms with Crippen LogP contribution >= 0.6 is 46.1 Å². The number of anilines is 2. The molecule has 0 atom stereocenters. The van der Waals surface area contributed by atoms with Crippen LogP contribution in [0, 0.1) is 0 Å². The summed E-state index contributed by atoms with van der Waals surface area (Å²) in [6.07, 6.45) is 0.955. The number of halogens is 3. The van der Waals surface area contributed by atoms with Crippen molar-refractivity contribution in [2.45, 2.75) is 13.3 Å². The first-order chi connectivity index (χ1) is 10.0. The summed E-state index contributed by atoms with van der Waals surface area (Å²) in [7, 11) is 0. The maximum Gasteiger partial charge on any atom is 0.286 e. The lowest BCUT2D eigenvalue weighted by molar-refractivity contribution is 0.102. The van der Waals surface area contributed by atoms with Crippen molar-refractivity contribution >= 4 is 62.9 Å². The van der Waals surface area contributed by atoms with Crippen molar-refractivity contribution in [3.63, 3.8) is 0 Å². The van der Waals surface area contributed by atoms with E-state index >= 15 is 0 Å². The minimum atomic E-state index is -0.428. The Morgan fingerprint density at radius 2 is 1.90 bits per heavy atom. The zero-order chi connectivity index (χ0) is 15.4. The summed E-state index contributed by atoms with van der Waals surface area (Å²) in [4.78, 5) is 12.1. The second-order valence-corrected chi connectivity index (χ2v) is 6.27. The van der Waals surface area contributed by atoms with Crippen molar-refractivity contribution in [3.05, 3.63) is 32.2 Å². The van der Waals surface area contributed by atoms with E-state index in [1.54, 1.807) is 0 Å². The van der Waals surface area contributed by atoms with Gasteiger partial charge in [-0.3, -0.25) is 4.79 Å². The Kier molecular flexibility index (Phi) is 5.64. The summed E-state index contributed by atoms with van der Waals surface area (Å²) in [5.41, 5.74) is 0.297. The van der Waals surface area contributed by atoms with Crippen LogP contribution in [0.2, 0.25) is 15.1 Å². The number of carbonyl (C=O) groups is 1. The molecule has 5 nitrogen and oxygen atoms in total. The second-order valence-electron chi connectivity index (χ2n) is 4.04. The second kappa shape index (κ2) is 7.26. The standard InChI is InChI=1S/C12H11Cl3N4OS/c1-2-3-16-12-19-18-11(21-12)10(20)17-9-7(14)4-6(13)5-8(9)15/h4-5H,2-3H2,1H3,(H,16,19)(H,17,20). The van der Waals surface area contributed by atoms with E-state index < -0.39 is 5.91 Å². The number of aromatic nitrogens is 2. The van der Waals surface area contributed by atoms with Gasteiger partial charge in [0.2, 0.25) is 10.1 Å². The molecule has 1 amide bonds. The number of hydrogen-bond donors (Lipinski definition) is 2. The highest BCUT2D eigenvalue weighted by atomic mass is 35.5. The van der Waals surface area contributed by atoms with Crippen molar-refractivity contribution in [2.75, 3.05) is 17.2 Å². The summed E-state index contributed by atoms with van der Waals surface area (Å²) in [5.74, 6) is -0.428. The number of carbonyl (C=O) groups excluding carboxylic acids is 1. The number of nitrogens with one attached hydrogen (secondary N) is 2. The molecule has 2 N–H and O–H groups in total. The van der Waals surface area contributed by atoms with Gasteiger partial charge >= 0.3 is 0 Å². The highest BCUT2D eigenvalue weighted by Gasteiger charge is 2.16. The van der Waals surface area contributed by atoms with E-state index in [0.29, 0.717) is 15.8 Å². The maximum absolute atomic E-state index is 12.1. The minimum absolute atomic E-state index is 0.218. The molecule has 0 radical (unpaired) electrons. The molecule has 2 rings (SSSR count). The van der Waals surface area contributed by atoms with Gasteiger partial charge in [0.1, 0.15) is 0 Å². The fraction of sp³-hybridized carbons (Fsp3) is 0.250. The summed E-state index contributed by atoms with van der Waals surface area (Å²) < 4.78 is 0. The first-order valence-corrected chi connectivity index (χ1v) is 7.99. The highest BCUT2D eigenvalue weighted by Crippen LogP contribution is 2.34. The van der Waals surface area contributed by atoms with Gasteiger partial charge < -0.3 is 10.6 Å². The van der Waals surface area contributed by atoms with Crippen LogP contribution in [-0.2, 0) is 0 Å². The molecule has 0 saturated heterocycles. The molecule has 0 aliphatic rings. The lowest BCUT2D eigenvalue weighted by atomic mass is 10.3. The topological polar surface area (TPSA) is 66.9 Å². The Labute approximate surface area is 140 Å². The van der Waals surface area contributed by atoms with E-state index in [0.717, 1.165) is 24.3 Å². The molecule has 1 heterocycles. The summed E-state index contributed by atoms with van der Waals surface area (Å²) >= 11 is 19.0. The minimum Gasteiger partial charge on any atom is -0.360 e. The van der Waals surface area contributed by atoms with Crippen LogP contribution in [0.4, 0.5) is 10.8 Å². The Morgan fingerprint density at radius 3 is 2.52 bits per heavy atom. The molecule has 1 aromatic heterocycles. The Bertz CT molecular complexity index is 639. The van der Waals surface area contributed by atoms with Crippen molar-refractivity contribution in [1.82, 2.24) is 10.2 Å². The van der Waals surface area contributed by atoms with Gasteiger partial charge in [-0.1, -0.05) is 53.1 Å². The van der Waals surface area contributed by atoms with E-state index in [2.05, 4.69) is 20.8 Å². The van der Waals surface area contributed by atoms with E-state index in [-0.39, 0.29) is 15.1 Å². The average Bonchev–Trinajstić information content (AvgIpc) is 2.89. The van der Waals surface area contributed by atoms with Gasteiger partial charge in [0, 0.05) is 11.6 Å². The molecule has 1 aromatic carbocycles. The number of amides is 1. The van der Waals surface area contributed by atoms with Gasteiger partial charge in [0.15, 0.2) is 0 Å². The Hall–Kier alpha value is -1.08. The van der Waals surface area contributed by atoms with Crippen molar-refractivity contribution in [3.8, 4) is 0 Å². The SMILES string of the molecule is CCCNc1nnc(C(=O)Nc2c(Cl)cc(Cl)cc2Cl)s1. The van der Waals surface area contributed by atoms with Crippen LogP contribution in [-0.4, -0.2) is 22.6 Å². The predicted octanol–water partition coefficient (Wildman–Crippen LogP) is 4.57. The molecule has 112 valence electrons. The van der Waals surface area contributed by atoms with Crippen molar-refractivity contribution in [1.29, 1.82) is 0 Å². The molecule has 0 aliphatic carbocycles. The largest absolute Gasteiger partial charge is 0.360 e. The zero-order valence-electron chi connectivity index (χ0n) is 10.9. The molecule has 0 bridgehead atoms. The van der Waals surface area contributed by atoms with E-state index in [1.807, 2.05) is 6.92 Å². The molecule has 2 aromatic rings. The fourth-order valence-corrected chi connectivity index (χ4v) is 3.02. The summed E-state index contributed by atoms with van der Waals surface area (Å²) in [6, 6.07) is 3.00. The van der Waals surface area contributed by atoms with E-state index in [9.17, 15) is 4.79 Å². The van der Waals surface area contributed by atoms with Gasteiger partial charge in [0.25, 0.3) is 5.91 Å². The number of rotatable bonds is 5. The van der Waals surface area contributed by atoms with Crippen LogP contribution < -0.4 is 10.6 Å². The van der Waals surface area contributed by atoms with Gasteiger partial charge in [-0.2, -0.15) is 0 Å². The molecule has 0 spiro atoms. The molecular formula is C12H11Cl3N4OS. The van der Waals surface area contributed by atoms with Gasteiger partial charge in [-0.25, -0.2) is 0 Å². The molecule has 0 unspecified atom stereocenters. The third-order valence-corrected chi connectivity index (χ3v) is 4.09. The zero-order valence-corrected chi connectivity index (χ0v) is 14.0. The summed E-state index contributed by atoms with van der Waals surface area (Å²) in [6.45, 7) is 2.80. The highest BCUT2D eigenvalue weighted by molar-refractivity contribution is 7.17. The van der Waals surface area contributed by atoms with Crippen LogP contribution in [0.1, 0.15) is 23.1 Å². The van der Waals surface area contributed by atoms with Crippen molar-refractivity contribution in [2.24, 2.45) is 0 Å². The van der Waals surface area contributed by atoms with Gasteiger partial charge in [0.05, 0.1) is 15.7 Å². The van der Waals surface area contributed by atoms with Gasteiger partial charge in [-0.05, 0) is 18.6 Å². The average molecular weight is 366 g/mol. The van der Waals surface area contributed by atoms with Crippen LogP contribution in [0.3, 0.4) is 0 Å². The van der Waals surface area contributed by atoms with Crippen LogP contribution in [0.25, 0.3) is 0 Å².